The van der Waals surface area contributed by atoms with Gasteiger partial charge in [0, 0.05) is 36.5 Å². The highest BCUT2D eigenvalue weighted by atomic mass is 16.6. The maximum atomic E-state index is 11.0. The quantitative estimate of drug-likeness (QED) is 0.669. The third-order valence-electron chi connectivity index (χ3n) is 4.10. The van der Waals surface area contributed by atoms with Gasteiger partial charge in [-0.15, -0.1) is 0 Å². The summed E-state index contributed by atoms with van der Waals surface area (Å²) in [6, 6.07) is 5.01. The zero-order valence-electron chi connectivity index (χ0n) is 12.7. The molecule has 1 aromatic heterocycles. The second kappa shape index (κ2) is 5.67. The summed E-state index contributed by atoms with van der Waals surface area (Å²) in [5.74, 6) is 0. The van der Waals surface area contributed by atoms with Gasteiger partial charge in [-0.3, -0.25) is 14.8 Å². The fourth-order valence-corrected chi connectivity index (χ4v) is 2.86. The SMILES string of the molecule is CCn1ncc(NC2CCNc3ccc([N+](=O)[O-])cc32)c1C. The van der Waals surface area contributed by atoms with Crippen LogP contribution in [-0.2, 0) is 6.54 Å². The summed E-state index contributed by atoms with van der Waals surface area (Å²) in [7, 11) is 0. The summed E-state index contributed by atoms with van der Waals surface area (Å²) in [6.45, 7) is 5.73. The van der Waals surface area contributed by atoms with E-state index >= 15 is 0 Å². The predicted octanol–water partition coefficient (Wildman–Crippen LogP) is 3.09. The van der Waals surface area contributed by atoms with E-state index in [-0.39, 0.29) is 16.7 Å². The molecule has 3 rings (SSSR count). The maximum absolute atomic E-state index is 11.0. The number of rotatable bonds is 4. The van der Waals surface area contributed by atoms with E-state index in [9.17, 15) is 10.1 Å². The molecule has 1 aliphatic rings. The Hall–Kier alpha value is -2.57. The Labute approximate surface area is 128 Å². The van der Waals surface area contributed by atoms with Gasteiger partial charge in [-0.1, -0.05) is 0 Å². The first-order valence-electron chi connectivity index (χ1n) is 7.41. The first-order chi connectivity index (χ1) is 10.6. The van der Waals surface area contributed by atoms with E-state index in [1.807, 2.05) is 24.7 Å². The highest BCUT2D eigenvalue weighted by Crippen LogP contribution is 2.35. The van der Waals surface area contributed by atoms with Crippen LogP contribution in [0.1, 0.15) is 30.6 Å². The number of nitrogens with zero attached hydrogens (tertiary/aromatic N) is 3. The largest absolute Gasteiger partial charge is 0.385 e. The molecule has 0 fully saturated rings. The normalized spacial score (nSPS) is 16.7. The molecule has 116 valence electrons. The molecule has 0 saturated heterocycles. The van der Waals surface area contributed by atoms with Gasteiger partial charge >= 0.3 is 0 Å². The number of nitrogens with one attached hydrogen (secondary N) is 2. The lowest BCUT2D eigenvalue weighted by Crippen LogP contribution is -2.22. The minimum absolute atomic E-state index is 0.0457. The van der Waals surface area contributed by atoms with Crippen LogP contribution in [0.15, 0.2) is 24.4 Å². The van der Waals surface area contributed by atoms with Crippen LogP contribution in [0.4, 0.5) is 17.1 Å². The standard InChI is InChI=1S/C15H19N5O2/c1-3-19-10(2)15(9-17-19)18-14-6-7-16-13-5-4-11(20(21)22)8-12(13)14/h4-5,8-9,14,16,18H,3,6-7H2,1-2H3. The van der Waals surface area contributed by atoms with Gasteiger partial charge in [-0.2, -0.15) is 5.10 Å². The second-order valence-electron chi connectivity index (χ2n) is 5.40. The van der Waals surface area contributed by atoms with Gasteiger partial charge < -0.3 is 10.6 Å². The van der Waals surface area contributed by atoms with Crippen LogP contribution < -0.4 is 10.6 Å². The molecule has 0 radical (unpaired) electrons. The number of nitro benzene ring substituents is 1. The molecule has 1 aliphatic heterocycles. The van der Waals surface area contributed by atoms with Crippen molar-refractivity contribution in [3.8, 4) is 0 Å². The zero-order valence-corrected chi connectivity index (χ0v) is 12.7. The molecule has 7 nitrogen and oxygen atoms in total. The van der Waals surface area contributed by atoms with E-state index in [0.717, 1.165) is 42.1 Å². The van der Waals surface area contributed by atoms with Crippen molar-refractivity contribution >= 4 is 17.1 Å². The van der Waals surface area contributed by atoms with Crippen molar-refractivity contribution in [2.24, 2.45) is 0 Å². The maximum Gasteiger partial charge on any atom is 0.269 e. The first-order valence-corrected chi connectivity index (χ1v) is 7.41. The highest BCUT2D eigenvalue weighted by Gasteiger charge is 2.23. The summed E-state index contributed by atoms with van der Waals surface area (Å²) >= 11 is 0. The monoisotopic (exact) mass is 301 g/mol. The van der Waals surface area contributed by atoms with Crippen molar-refractivity contribution in [1.29, 1.82) is 0 Å². The van der Waals surface area contributed by atoms with Crippen molar-refractivity contribution in [2.75, 3.05) is 17.2 Å². The van der Waals surface area contributed by atoms with E-state index < -0.39 is 0 Å². The van der Waals surface area contributed by atoms with E-state index in [4.69, 9.17) is 0 Å². The average Bonchev–Trinajstić information content (AvgIpc) is 2.87. The third-order valence-corrected chi connectivity index (χ3v) is 4.10. The molecule has 2 N–H and O–H groups in total. The van der Waals surface area contributed by atoms with Gasteiger partial charge in [0.2, 0.25) is 0 Å². The van der Waals surface area contributed by atoms with Gasteiger partial charge in [0.25, 0.3) is 5.69 Å². The number of aromatic nitrogens is 2. The second-order valence-corrected chi connectivity index (χ2v) is 5.40. The number of hydrogen-bond acceptors (Lipinski definition) is 5. The smallest absolute Gasteiger partial charge is 0.269 e. The van der Waals surface area contributed by atoms with Gasteiger partial charge in [0.15, 0.2) is 0 Å². The van der Waals surface area contributed by atoms with Crippen molar-refractivity contribution in [1.82, 2.24) is 9.78 Å². The molecule has 22 heavy (non-hydrogen) atoms. The number of aryl methyl sites for hydroxylation is 1. The number of nitro groups is 1. The van der Waals surface area contributed by atoms with Gasteiger partial charge in [0.1, 0.15) is 0 Å². The fourth-order valence-electron chi connectivity index (χ4n) is 2.86. The highest BCUT2D eigenvalue weighted by molar-refractivity contribution is 5.61. The molecule has 1 aromatic carbocycles. The molecule has 7 heteroatoms. The molecular weight excluding hydrogens is 282 g/mol. The van der Waals surface area contributed by atoms with Crippen LogP contribution >= 0.6 is 0 Å². The number of fused-ring (bicyclic) bond motifs is 1. The van der Waals surface area contributed by atoms with Crippen LogP contribution in [0.25, 0.3) is 0 Å². The van der Waals surface area contributed by atoms with Crippen LogP contribution in [0, 0.1) is 17.0 Å². The molecule has 0 aliphatic carbocycles. The predicted molar refractivity (Wildman–Crippen MR) is 85.2 cm³/mol. The summed E-state index contributed by atoms with van der Waals surface area (Å²) in [5.41, 5.74) is 4.06. The van der Waals surface area contributed by atoms with Crippen LogP contribution in [-0.4, -0.2) is 21.2 Å². The van der Waals surface area contributed by atoms with E-state index in [0.29, 0.717) is 0 Å². The molecule has 2 aromatic rings. The minimum Gasteiger partial charge on any atom is -0.385 e. The molecule has 0 amide bonds. The molecular formula is C15H19N5O2. The topological polar surface area (TPSA) is 85.0 Å². The lowest BCUT2D eigenvalue weighted by Gasteiger charge is -2.28. The fraction of sp³-hybridized carbons (Fsp3) is 0.400. The van der Waals surface area contributed by atoms with Gasteiger partial charge in [-0.05, 0) is 26.3 Å². The van der Waals surface area contributed by atoms with Crippen LogP contribution in [0.2, 0.25) is 0 Å². The summed E-state index contributed by atoms with van der Waals surface area (Å²) in [6.07, 6.45) is 2.68. The van der Waals surface area contributed by atoms with Crippen LogP contribution in [0.5, 0.6) is 0 Å². The molecule has 1 unspecified atom stereocenters. The Morgan fingerprint density at radius 1 is 1.55 bits per heavy atom. The summed E-state index contributed by atoms with van der Waals surface area (Å²) < 4.78 is 1.93. The van der Waals surface area contributed by atoms with E-state index in [2.05, 4.69) is 15.7 Å². The number of non-ortho nitro benzene ring substituents is 1. The Morgan fingerprint density at radius 2 is 2.36 bits per heavy atom. The Bertz CT molecular complexity index is 710. The van der Waals surface area contributed by atoms with Crippen LogP contribution in [0.3, 0.4) is 0 Å². The zero-order chi connectivity index (χ0) is 15.7. The summed E-state index contributed by atoms with van der Waals surface area (Å²) in [4.78, 5) is 10.6. The number of hydrogen-bond donors (Lipinski definition) is 2. The van der Waals surface area contributed by atoms with Crippen molar-refractivity contribution < 1.29 is 4.92 Å². The molecule has 0 bridgehead atoms. The van der Waals surface area contributed by atoms with E-state index in [1.165, 1.54) is 6.07 Å². The first kappa shape index (κ1) is 14.4. The molecule has 0 spiro atoms. The Balaban J connectivity index is 1.91. The molecule has 2 heterocycles. The van der Waals surface area contributed by atoms with Crippen molar-refractivity contribution in [3.63, 3.8) is 0 Å². The Morgan fingerprint density at radius 3 is 3.05 bits per heavy atom. The minimum atomic E-state index is -0.355. The average molecular weight is 301 g/mol. The lowest BCUT2D eigenvalue weighted by atomic mass is 9.97. The van der Waals surface area contributed by atoms with Crippen molar-refractivity contribution in [3.05, 3.63) is 45.8 Å². The molecule has 0 saturated carbocycles. The molecule has 1 atom stereocenters. The van der Waals surface area contributed by atoms with E-state index in [1.54, 1.807) is 12.1 Å². The summed E-state index contributed by atoms with van der Waals surface area (Å²) in [5, 5.41) is 22.1. The number of anilines is 2. The Kier molecular flexibility index (Phi) is 3.70. The number of benzene rings is 1. The van der Waals surface area contributed by atoms with Gasteiger partial charge in [-0.25, -0.2) is 0 Å². The lowest BCUT2D eigenvalue weighted by molar-refractivity contribution is -0.384. The third kappa shape index (κ3) is 2.49. The van der Waals surface area contributed by atoms with Crippen molar-refractivity contribution in [2.45, 2.75) is 32.9 Å². The van der Waals surface area contributed by atoms with Gasteiger partial charge in [0.05, 0.1) is 28.5 Å².